The van der Waals surface area contributed by atoms with Crippen LogP contribution in [0.2, 0.25) is 0 Å². The first-order valence-corrected chi connectivity index (χ1v) is 4.15. The maximum absolute atomic E-state index is 2.32. The van der Waals surface area contributed by atoms with E-state index in [-0.39, 0.29) is 23.9 Å². The van der Waals surface area contributed by atoms with Gasteiger partial charge in [0.05, 0.1) is 0 Å². The molecule has 0 aromatic rings. The van der Waals surface area contributed by atoms with Crippen LogP contribution >= 0.6 is 0 Å². The van der Waals surface area contributed by atoms with Crippen molar-refractivity contribution in [2.24, 2.45) is 5.92 Å². The third kappa shape index (κ3) is 3.27. The Morgan fingerprint density at radius 2 is 1.50 bits per heavy atom. The van der Waals surface area contributed by atoms with Crippen molar-refractivity contribution in [3.63, 3.8) is 0 Å². The van der Waals surface area contributed by atoms with E-state index < -0.39 is 0 Å². The Bertz CT molecular complexity index is 72.8. The summed E-state index contributed by atoms with van der Waals surface area (Å²) in [6.45, 7) is 4.64. The van der Waals surface area contributed by atoms with Gasteiger partial charge in [0, 0.05) is 0 Å². The molecule has 1 saturated carbocycles. The summed E-state index contributed by atoms with van der Waals surface area (Å²) in [5, 5.41) is 0. The van der Waals surface area contributed by atoms with Gasteiger partial charge in [-0.2, -0.15) is 0 Å². The summed E-state index contributed by atoms with van der Waals surface area (Å²) >= 11 is 0. The fraction of sp³-hybridized carbons (Fsp3) is 0.889. The quantitative estimate of drug-likeness (QED) is 0.622. The van der Waals surface area contributed by atoms with Gasteiger partial charge < -0.3 is 0 Å². The predicted molar refractivity (Wildman–Crippen MR) is 49.7 cm³/mol. The van der Waals surface area contributed by atoms with Crippen molar-refractivity contribution in [3.05, 3.63) is 5.92 Å². The Labute approximate surface area is 81.7 Å². The van der Waals surface area contributed by atoms with Crippen LogP contribution in [0, 0.1) is 11.8 Å². The molecule has 0 heterocycles. The van der Waals surface area contributed by atoms with E-state index in [1.807, 2.05) is 0 Å². The Balaban J connectivity index is 0.000000810. The average molecular weight is 246 g/mol. The van der Waals surface area contributed by atoms with Gasteiger partial charge in [0.15, 0.2) is 0 Å². The van der Waals surface area contributed by atoms with Crippen LogP contribution in [0.5, 0.6) is 0 Å². The summed E-state index contributed by atoms with van der Waals surface area (Å²) in [7, 11) is 0. The van der Waals surface area contributed by atoms with Crippen molar-refractivity contribution in [2.75, 3.05) is 0 Å². The summed E-state index contributed by atoms with van der Waals surface area (Å²) in [6.07, 6.45) is 7.20. The molecule has 1 aliphatic rings. The van der Waals surface area contributed by atoms with Crippen LogP contribution in [0.15, 0.2) is 0 Å². The summed E-state index contributed by atoms with van der Waals surface area (Å²) in [6, 6.07) is 0. The van der Waals surface area contributed by atoms with E-state index in [4.69, 9.17) is 0 Å². The van der Waals surface area contributed by atoms with Crippen molar-refractivity contribution in [1.82, 2.24) is 0 Å². The van der Waals surface area contributed by atoms with Gasteiger partial charge in [0.1, 0.15) is 0 Å². The van der Waals surface area contributed by atoms with Crippen LogP contribution < -0.4 is 0 Å². The van der Waals surface area contributed by atoms with Crippen molar-refractivity contribution >= 4 is 23.9 Å². The van der Waals surface area contributed by atoms with Crippen molar-refractivity contribution in [3.8, 4) is 0 Å². The van der Waals surface area contributed by atoms with Crippen LogP contribution in [0.1, 0.15) is 46.0 Å². The Morgan fingerprint density at radius 3 is 1.80 bits per heavy atom. The first-order valence-electron chi connectivity index (χ1n) is 4.15. The Kier molecular flexibility index (Phi) is 5.88. The van der Waals surface area contributed by atoms with Gasteiger partial charge in [-0.15, -0.1) is 0 Å². The number of rotatable bonds is 1. The molecule has 0 aromatic heterocycles. The molecule has 0 spiro atoms. The van der Waals surface area contributed by atoms with Gasteiger partial charge in [-0.1, -0.05) is 33.1 Å². The zero-order chi connectivity index (χ0) is 6.69. The van der Waals surface area contributed by atoms with Gasteiger partial charge in [-0.3, -0.25) is 0 Å². The number of hydrogen-bond donors (Lipinski definition) is 0. The van der Waals surface area contributed by atoms with Crippen LogP contribution in [0.25, 0.3) is 0 Å². The van der Waals surface area contributed by atoms with E-state index >= 15 is 0 Å². The molecule has 1 heteroatoms. The molecule has 10 heavy (non-hydrogen) atoms. The van der Waals surface area contributed by atoms with Gasteiger partial charge in [-0.25, -0.2) is 0 Å². The van der Waals surface area contributed by atoms with E-state index in [9.17, 15) is 0 Å². The van der Waals surface area contributed by atoms with E-state index in [1.54, 1.807) is 5.92 Å². The molecule has 0 amide bonds. The molecule has 0 bridgehead atoms. The zero-order valence-corrected chi connectivity index (χ0v) is 11.4. The summed E-state index contributed by atoms with van der Waals surface area (Å²) in [5.41, 5.74) is 0. The third-order valence-electron chi connectivity index (χ3n) is 2.31. The first-order chi connectivity index (χ1) is 4.30. The topological polar surface area (TPSA) is 0 Å². The van der Waals surface area contributed by atoms with Gasteiger partial charge in [0.25, 0.3) is 0 Å². The minimum absolute atomic E-state index is 0. The third-order valence-corrected chi connectivity index (χ3v) is 2.31. The Hall–Kier alpha value is 0.799. The molecule has 0 aromatic carbocycles. The molecular formula is C9H19Sn. The summed E-state index contributed by atoms with van der Waals surface area (Å²) in [5.74, 6) is 2.66. The van der Waals surface area contributed by atoms with Crippen LogP contribution in [-0.2, 0) is 0 Å². The van der Waals surface area contributed by atoms with Crippen LogP contribution in [-0.4, -0.2) is 23.9 Å². The minimum atomic E-state index is 0. The van der Waals surface area contributed by atoms with E-state index in [0.29, 0.717) is 0 Å². The standard InChI is InChI=1S/C9H17.Sn.2H/c1-8(2)9-6-4-3-5-7-9;;;/h8H,3-7H2,1-2H3;;;. The maximum atomic E-state index is 2.32. The van der Waals surface area contributed by atoms with Crippen LogP contribution in [0.3, 0.4) is 0 Å². The SMILES string of the molecule is CC(C)[C]1CCCCC1.[SnH2]. The van der Waals surface area contributed by atoms with E-state index in [1.165, 1.54) is 32.1 Å². The fourth-order valence-corrected chi connectivity index (χ4v) is 1.58. The second-order valence-corrected chi connectivity index (χ2v) is 3.37. The molecule has 0 unspecified atom stereocenters. The predicted octanol–water partition coefficient (Wildman–Crippen LogP) is 2.26. The second kappa shape index (κ2) is 5.45. The first kappa shape index (κ1) is 10.8. The zero-order valence-electron chi connectivity index (χ0n) is 7.32. The van der Waals surface area contributed by atoms with E-state index in [2.05, 4.69) is 13.8 Å². The second-order valence-electron chi connectivity index (χ2n) is 3.37. The number of hydrogen-bond acceptors (Lipinski definition) is 0. The molecule has 0 nitrogen and oxygen atoms in total. The molecule has 0 aliphatic heterocycles. The van der Waals surface area contributed by atoms with Crippen LogP contribution in [0.4, 0.5) is 0 Å². The average Bonchev–Trinajstić information content (AvgIpc) is 1.90. The normalized spacial score (nSPS) is 20.7. The molecule has 59 valence electrons. The van der Waals surface area contributed by atoms with Crippen molar-refractivity contribution in [2.45, 2.75) is 46.0 Å². The molecule has 0 N–H and O–H groups in total. The molecule has 0 saturated heterocycles. The monoisotopic (exact) mass is 247 g/mol. The molecule has 3 radical (unpaired) electrons. The molecule has 0 atom stereocenters. The van der Waals surface area contributed by atoms with E-state index in [0.717, 1.165) is 5.92 Å². The fourth-order valence-electron chi connectivity index (χ4n) is 1.58. The van der Waals surface area contributed by atoms with Gasteiger partial charge in [-0.05, 0) is 24.7 Å². The van der Waals surface area contributed by atoms with Crippen molar-refractivity contribution in [1.29, 1.82) is 0 Å². The molecule has 1 aliphatic carbocycles. The van der Waals surface area contributed by atoms with Gasteiger partial charge >= 0.3 is 23.9 Å². The molecule has 1 fully saturated rings. The molecular weight excluding hydrogens is 227 g/mol. The summed E-state index contributed by atoms with van der Waals surface area (Å²) in [4.78, 5) is 0. The van der Waals surface area contributed by atoms with Crippen molar-refractivity contribution < 1.29 is 0 Å². The summed E-state index contributed by atoms with van der Waals surface area (Å²) < 4.78 is 0. The van der Waals surface area contributed by atoms with Gasteiger partial charge in [0.2, 0.25) is 0 Å². The molecule has 1 rings (SSSR count). The Morgan fingerprint density at radius 1 is 1.00 bits per heavy atom.